The van der Waals surface area contributed by atoms with Crippen molar-refractivity contribution in [3.05, 3.63) is 47.9 Å². The second kappa shape index (κ2) is 6.83. The van der Waals surface area contributed by atoms with Crippen LogP contribution in [-0.4, -0.2) is 26.0 Å². The molecule has 0 unspecified atom stereocenters. The lowest BCUT2D eigenvalue weighted by molar-refractivity contribution is 0.200. The van der Waals surface area contributed by atoms with Crippen molar-refractivity contribution in [2.45, 2.75) is 38.2 Å². The van der Waals surface area contributed by atoms with E-state index >= 15 is 0 Å². The number of hydrogen-bond acceptors (Lipinski definition) is 4. The van der Waals surface area contributed by atoms with Crippen LogP contribution >= 0.6 is 0 Å². The summed E-state index contributed by atoms with van der Waals surface area (Å²) in [5.41, 5.74) is 3.11. The van der Waals surface area contributed by atoms with Gasteiger partial charge >= 0.3 is 0 Å². The number of rotatable bonds is 5. The van der Waals surface area contributed by atoms with E-state index in [1.54, 1.807) is 7.11 Å². The number of ether oxygens (including phenoxy) is 2. The lowest BCUT2D eigenvalue weighted by atomic mass is 9.95. The van der Waals surface area contributed by atoms with Crippen molar-refractivity contribution >= 4 is 24.4 Å². The first-order valence-electron chi connectivity index (χ1n) is 8.70. The average Bonchev–Trinajstić information content (AvgIpc) is 3.25. The fraction of sp³-hybridized carbons (Fsp3) is 0.350. The molecular weight excluding hydrogens is 313 g/mol. The zero-order valence-electron chi connectivity index (χ0n) is 14.3. The highest BCUT2D eigenvalue weighted by Gasteiger charge is 2.19. The van der Waals surface area contributed by atoms with E-state index in [2.05, 4.69) is 4.98 Å². The number of benzene rings is 2. The molecule has 0 atom stereocenters. The van der Waals surface area contributed by atoms with Crippen molar-refractivity contribution in [2.75, 3.05) is 7.11 Å². The summed E-state index contributed by atoms with van der Waals surface area (Å²) < 4.78 is 17.4. The zero-order valence-corrected chi connectivity index (χ0v) is 14.3. The smallest absolute Gasteiger partial charge is 0.199 e. The molecular formula is C20H20BNO3. The van der Waals surface area contributed by atoms with Crippen molar-refractivity contribution in [1.82, 2.24) is 4.98 Å². The summed E-state index contributed by atoms with van der Waals surface area (Å²) in [6.45, 7) is 0. The number of fused-ring (bicyclic) bond motifs is 1. The first kappa shape index (κ1) is 16.1. The minimum atomic E-state index is 0.285. The fourth-order valence-corrected chi connectivity index (χ4v) is 3.38. The molecule has 0 N–H and O–H groups in total. The molecule has 1 aromatic heterocycles. The summed E-state index contributed by atoms with van der Waals surface area (Å²) in [4.78, 5) is 4.53. The van der Waals surface area contributed by atoms with Crippen LogP contribution in [0.5, 0.6) is 11.5 Å². The summed E-state index contributed by atoms with van der Waals surface area (Å²) in [6.07, 6.45) is 5.55. The highest BCUT2D eigenvalue weighted by atomic mass is 16.5. The molecule has 0 bridgehead atoms. The van der Waals surface area contributed by atoms with Gasteiger partial charge in [-0.25, -0.2) is 4.98 Å². The van der Waals surface area contributed by atoms with Crippen LogP contribution in [0.2, 0.25) is 0 Å². The monoisotopic (exact) mass is 333 g/mol. The predicted molar refractivity (Wildman–Crippen MR) is 98.1 cm³/mol. The molecule has 1 aliphatic rings. The standard InChI is InChI=1S/C20H20BNO3/c1-23-17-10-9-13(11-18(17)24-14-5-2-3-6-14)12-19-22-16-8-4-7-15(21)20(16)25-19/h4,7-11,14H,2-3,5-6,12H2,1H3. The van der Waals surface area contributed by atoms with E-state index in [1.807, 2.05) is 36.4 Å². The van der Waals surface area contributed by atoms with E-state index < -0.39 is 0 Å². The van der Waals surface area contributed by atoms with E-state index in [0.717, 1.165) is 35.4 Å². The molecule has 0 aliphatic heterocycles. The topological polar surface area (TPSA) is 44.5 Å². The number of nitrogens with zero attached hydrogens (tertiary/aromatic N) is 1. The third-order valence-corrected chi connectivity index (χ3v) is 4.67. The van der Waals surface area contributed by atoms with Crippen molar-refractivity contribution in [3.63, 3.8) is 0 Å². The summed E-state index contributed by atoms with van der Waals surface area (Å²) in [5.74, 6) is 2.20. The van der Waals surface area contributed by atoms with Gasteiger partial charge in [0.15, 0.2) is 17.4 Å². The van der Waals surface area contributed by atoms with Crippen molar-refractivity contribution in [1.29, 1.82) is 0 Å². The lowest BCUT2D eigenvalue weighted by Gasteiger charge is -2.16. The van der Waals surface area contributed by atoms with Gasteiger partial charge in [0.25, 0.3) is 0 Å². The number of methoxy groups -OCH3 is 1. The molecule has 2 aromatic carbocycles. The molecule has 0 saturated heterocycles. The molecule has 4 rings (SSSR count). The van der Waals surface area contributed by atoms with Gasteiger partial charge < -0.3 is 13.9 Å². The molecule has 0 spiro atoms. The molecule has 1 aliphatic carbocycles. The zero-order chi connectivity index (χ0) is 17.2. The number of para-hydroxylation sites is 1. The second-order valence-electron chi connectivity index (χ2n) is 6.49. The maximum absolute atomic E-state index is 6.16. The third kappa shape index (κ3) is 3.36. The maximum atomic E-state index is 6.16. The van der Waals surface area contributed by atoms with Gasteiger partial charge in [-0.3, -0.25) is 0 Å². The van der Waals surface area contributed by atoms with E-state index in [1.165, 1.54) is 12.8 Å². The molecule has 0 amide bonds. The van der Waals surface area contributed by atoms with Gasteiger partial charge in [0.2, 0.25) is 0 Å². The van der Waals surface area contributed by atoms with Gasteiger partial charge in [-0.2, -0.15) is 0 Å². The highest BCUT2D eigenvalue weighted by Crippen LogP contribution is 2.33. The molecule has 1 fully saturated rings. The van der Waals surface area contributed by atoms with Crippen molar-refractivity contribution in [2.24, 2.45) is 0 Å². The quantitative estimate of drug-likeness (QED) is 0.670. The highest BCUT2D eigenvalue weighted by molar-refractivity contribution is 6.37. The molecule has 5 heteroatoms. The first-order valence-corrected chi connectivity index (χ1v) is 8.70. The number of aromatic nitrogens is 1. The van der Waals surface area contributed by atoms with Gasteiger partial charge in [0.1, 0.15) is 18.9 Å². The third-order valence-electron chi connectivity index (χ3n) is 4.67. The van der Waals surface area contributed by atoms with Crippen LogP contribution < -0.4 is 14.9 Å². The van der Waals surface area contributed by atoms with Crippen LogP contribution in [0.1, 0.15) is 37.1 Å². The van der Waals surface area contributed by atoms with Crippen LogP contribution in [0, 0.1) is 0 Å². The van der Waals surface area contributed by atoms with Crippen molar-refractivity contribution < 1.29 is 13.9 Å². The van der Waals surface area contributed by atoms with Crippen LogP contribution in [0.15, 0.2) is 40.8 Å². The van der Waals surface area contributed by atoms with Crippen LogP contribution in [0.25, 0.3) is 11.1 Å². The maximum Gasteiger partial charge on any atom is 0.199 e. The Morgan fingerprint density at radius 1 is 1.16 bits per heavy atom. The summed E-state index contributed by atoms with van der Waals surface area (Å²) in [6, 6.07) is 11.6. The molecule has 4 nitrogen and oxygen atoms in total. The Kier molecular flexibility index (Phi) is 4.39. The van der Waals surface area contributed by atoms with Crippen molar-refractivity contribution in [3.8, 4) is 11.5 Å². The molecule has 2 radical (unpaired) electrons. The SMILES string of the molecule is [B]c1cccc2nc(Cc3ccc(OC)c(OC4CCCC4)c3)oc12. The molecule has 3 aromatic rings. The normalized spacial score (nSPS) is 14.9. The molecule has 1 saturated carbocycles. The predicted octanol–water partition coefficient (Wildman–Crippen LogP) is 3.54. The Morgan fingerprint density at radius 3 is 2.76 bits per heavy atom. The van der Waals surface area contributed by atoms with E-state index in [9.17, 15) is 0 Å². The minimum Gasteiger partial charge on any atom is -0.493 e. The number of hydrogen-bond donors (Lipinski definition) is 0. The van der Waals surface area contributed by atoms with Gasteiger partial charge in [-0.05, 0) is 49.4 Å². The van der Waals surface area contributed by atoms with Crippen LogP contribution in [0.4, 0.5) is 0 Å². The van der Waals surface area contributed by atoms with Gasteiger partial charge in [0, 0.05) is 6.42 Å². The van der Waals surface area contributed by atoms with Crippen LogP contribution in [0.3, 0.4) is 0 Å². The summed E-state index contributed by atoms with van der Waals surface area (Å²) >= 11 is 0. The minimum absolute atomic E-state index is 0.285. The van der Waals surface area contributed by atoms with E-state index in [4.69, 9.17) is 21.7 Å². The summed E-state index contributed by atoms with van der Waals surface area (Å²) in [5, 5.41) is 0. The summed E-state index contributed by atoms with van der Waals surface area (Å²) in [7, 11) is 7.61. The Bertz CT molecular complexity index is 884. The number of oxazole rings is 1. The largest absolute Gasteiger partial charge is 0.493 e. The molecule has 25 heavy (non-hydrogen) atoms. The Labute approximate surface area is 148 Å². The Morgan fingerprint density at radius 2 is 2.00 bits per heavy atom. The Balaban J connectivity index is 1.59. The second-order valence-corrected chi connectivity index (χ2v) is 6.49. The average molecular weight is 333 g/mol. The first-order chi connectivity index (χ1) is 12.2. The fourth-order valence-electron chi connectivity index (χ4n) is 3.38. The Hall–Kier alpha value is -2.43. The van der Waals surface area contributed by atoms with Gasteiger partial charge in [-0.15, -0.1) is 0 Å². The van der Waals surface area contributed by atoms with Gasteiger partial charge in [0.05, 0.1) is 13.2 Å². The van der Waals surface area contributed by atoms with Crippen LogP contribution in [-0.2, 0) is 6.42 Å². The molecule has 1 heterocycles. The lowest BCUT2D eigenvalue weighted by Crippen LogP contribution is -2.11. The molecule has 126 valence electrons. The van der Waals surface area contributed by atoms with E-state index in [-0.39, 0.29) is 6.10 Å². The van der Waals surface area contributed by atoms with E-state index in [0.29, 0.717) is 23.4 Å². The van der Waals surface area contributed by atoms with Gasteiger partial charge in [-0.1, -0.05) is 23.7 Å².